The van der Waals surface area contributed by atoms with Crippen molar-refractivity contribution in [2.75, 3.05) is 12.4 Å². The van der Waals surface area contributed by atoms with Crippen LogP contribution in [-0.2, 0) is 12.8 Å². The van der Waals surface area contributed by atoms with Gasteiger partial charge in [-0.05, 0) is 61.9 Å². The van der Waals surface area contributed by atoms with Gasteiger partial charge in [0.25, 0.3) is 0 Å². The minimum atomic E-state index is 0.0944. The van der Waals surface area contributed by atoms with E-state index < -0.39 is 0 Å². The van der Waals surface area contributed by atoms with Crippen LogP contribution in [0.2, 0.25) is 0 Å². The Balaban J connectivity index is 1.51. The van der Waals surface area contributed by atoms with Gasteiger partial charge in [0.05, 0.1) is 18.4 Å². The number of hydrogen-bond donors (Lipinski definition) is 1. The zero-order valence-electron chi connectivity index (χ0n) is 22.5. The number of allylic oxidation sites excluding steroid dienone is 2. The number of carbonyl (C=O) groups is 1. The summed E-state index contributed by atoms with van der Waals surface area (Å²) in [6, 6.07) is 13.9. The highest BCUT2D eigenvalue weighted by Gasteiger charge is 2.28. The van der Waals surface area contributed by atoms with E-state index in [1.54, 1.807) is 7.11 Å². The fourth-order valence-electron chi connectivity index (χ4n) is 5.29. The lowest BCUT2D eigenvalue weighted by Gasteiger charge is -2.18. The Hall–Kier alpha value is -3.93. The molecule has 1 saturated carbocycles. The molecule has 0 radical (unpaired) electrons. The molecule has 3 aromatic rings. The van der Waals surface area contributed by atoms with Crippen LogP contribution in [0.4, 0.5) is 5.69 Å². The highest BCUT2D eigenvalue weighted by molar-refractivity contribution is 5.96. The molecular weight excluding hydrogens is 474 g/mol. The van der Waals surface area contributed by atoms with E-state index in [1.165, 1.54) is 12.8 Å². The average molecular weight is 510 g/mol. The molecule has 6 nitrogen and oxygen atoms in total. The summed E-state index contributed by atoms with van der Waals surface area (Å²) in [7, 11) is 1.63. The van der Waals surface area contributed by atoms with E-state index in [-0.39, 0.29) is 11.9 Å². The first kappa shape index (κ1) is 25.7. The lowest BCUT2D eigenvalue weighted by molar-refractivity contribution is 0.0988. The number of rotatable bonds is 10. The molecule has 5 rings (SSSR count). The number of ketones is 1. The molecule has 1 aromatic heterocycles. The predicted molar refractivity (Wildman–Crippen MR) is 151 cm³/mol. The van der Waals surface area contributed by atoms with Crippen LogP contribution in [0.25, 0.3) is 5.57 Å². The average Bonchev–Trinajstić information content (AvgIpc) is 3.58. The summed E-state index contributed by atoms with van der Waals surface area (Å²) in [4.78, 5) is 22.2. The zero-order chi connectivity index (χ0) is 26.6. The quantitative estimate of drug-likeness (QED) is 0.299. The second-order valence-corrected chi connectivity index (χ2v) is 10.1. The van der Waals surface area contributed by atoms with Crippen LogP contribution < -0.4 is 14.8 Å². The van der Waals surface area contributed by atoms with Gasteiger partial charge in [0.1, 0.15) is 17.7 Å². The van der Waals surface area contributed by atoms with E-state index in [0.29, 0.717) is 35.9 Å². The molecule has 0 atom stereocenters. The van der Waals surface area contributed by atoms with E-state index >= 15 is 0 Å². The summed E-state index contributed by atoms with van der Waals surface area (Å²) in [5.74, 6) is 2.12. The van der Waals surface area contributed by atoms with Gasteiger partial charge >= 0.3 is 0 Å². The maximum atomic E-state index is 12.2. The van der Waals surface area contributed by atoms with Gasteiger partial charge < -0.3 is 14.8 Å². The molecule has 2 aromatic carbocycles. The van der Waals surface area contributed by atoms with Gasteiger partial charge in [-0.2, -0.15) is 4.98 Å². The van der Waals surface area contributed by atoms with Crippen LogP contribution in [0.15, 0.2) is 60.8 Å². The van der Waals surface area contributed by atoms with Gasteiger partial charge in [0, 0.05) is 41.8 Å². The molecule has 0 spiro atoms. The fraction of sp³-hybridized carbons (Fsp3) is 0.344. The van der Waals surface area contributed by atoms with E-state index in [4.69, 9.17) is 19.4 Å². The van der Waals surface area contributed by atoms with Gasteiger partial charge in [-0.15, -0.1) is 0 Å². The molecule has 2 aliphatic carbocycles. The summed E-state index contributed by atoms with van der Waals surface area (Å²) in [5.41, 5.74) is 7.66. The third-order valence-electron chi connectivity index (χ3n) is 7.16. The van der Waals surface area contributed by atoms with Crippen molar-refractivity contribution in [2.45, 2.75) is 64.9 Å². The third-order valence-corrected chi connectivity index (χ3v) is 7.16. The molecule has 0 amide bonds. The number of aromatic nitrogens is 2. The van der Waals surface area contributed by atoms with Crippen molar-refractivity contribution in [3.8, 4) is 11.6 Å². The van der Waals surface area contributed by atoms with Crippen molar-refractivity contribution in [3.63, 3.8) is 0 Å². The molecule has 1 fully saturated rings. The van der Waals surface area contributed by atoms with Gasteiger partial charge in [0.2, 0.25) is 5.88 Å². The molecule has 1 N–H and O–H groups in total. The molecule has 38 heavy (non-hydrogen) atoms. The monoisotopic (exact) mass is 509 g/mol. The Morgan fingerprint density at radius 3 is 2.68 bits per heavy atom. The Labute approximate surface area is 224 Å². The maximum absolute atomic E-state index is 12.2. The Bertz CT molecular complexity index is 1400. The maximum Gasteiger partial charge on any atom is 0.225 e. The second-order valence-electron chi connectivity index (χ2n) is 10.1. The molecule has 0 bridgehead atoms. The second kappa shape index (κ2) is 11.2. The highest BCUT2D eigenvalue weighted by atomic mass is 16.5. The highest BCUT2D eigenvalue weighted by Crippen LogP contribution is 2.40. The van der Waals surface area contributed by atoms with E-state index in [0.717, 1.165) is 58.6 Å². The molecule has 196 valence electrons. The molecule has 0 aliphatic heterocycles. The van der Waals surface area contributed by atoms with Crippen molar-refractivity contribution in [2.24, 2.45) is 0 Å². The van der Waals surface area contributed by atoms with Crippen LogP contribution in [0, 0.1) is 0 Å². The standard InChI is InChI=1S/C32H35N3O3/c1-5-28(36)22-13-14-23(29(18-22)37-4)19-30-34-27-16-15-26(21-9-8-10-24(17-21)33-20(2)3)31(27)32(35-30)38-25-11-6-7-12-25/h8-10,13-15,17-18,25,33H,2,5-7,11-12,16,19H2,1,3-4H3. The topological polar surface area (TPSA) is 73.3 Å². The van der Waals surface area contributed by atoms with Crippen molar-refractivity contribution < 1.29 is 14.3 Å². The number of fused-ring (bicyclic) bond motifs is 1. The minimum absolute atomic E-state index is 0.0944. The van der Waals surface area contributed by atoms with Crippen LogP contribution >= 0.6 is 0 Å². The summed E-state index contributed by atoms with van der Waals surface area (Å²) < 4.78 is 12.2. The number of hydrogen-bond acceptors (Lipinski definition) is 6. The number of Topliss-reactive ketones (excluding diaryl/α,β-unsaturated/α-hetero) is 1. The molecule has 6 heteroatoms. The molecule has 0 saturated heterocycles. The number of benzene rings is 2. The molecule has 1 heterocycles. The van der Waals surface area contributed by atoms with E-state index in [1.807, 2.05) is 44.2 Å². The Kier molecular flexibility index (Phi) is 7.59. The summed E-state index contributed by atoms with van der Waals surface area (Å²) in [5, 5.41) is 3.31. The van der Waals surface area contributed by atoms with Crippen molar-refractivity contribution in [1.82, 2.24) is 9.97 Å². The van der Waals surface area contributed by atoms with Gasteiger partial charge in [-0.3, -0.25) is 4.79 Å². The normalized spacial score (nSPS) is 14.7. The van der Waals surface area contributed by atoms with E-state index in [2.05, 4.69) is 30.1 Å². The number of ether oxygens (including phenoxy) is 2. The van der Waals surface area contributed by atoms with E-state index in [9.17, 15) is 4.79 Å². The van der Waals surface area contributed by atoms with Crippen LogP contribution in [0.5, 0.6) is 11.6 Å². The third kappa shape index (κ3) is 5.49. The SMILES string of the molecule is C=C(C)Nc1cccc(C2=CCc3nc(Cc4ccc(C(=O)CC)cc4OC)nc(OC4CCCC4)c32)c1. The molecule has 2 aliphatic rings. The van der Waals surface area contributed by atoms with Gasteiger partial charge in [0.15, 0.2) is 5.78 Å². The predicted octanol–water partition coefficient (Wildman–Crippen LogP) is 6.92. The Morgan fingerprint density at radius 1 is 1.13 bits per heavy atom. The van der Waals surface area contributed by atoms with Crippen LogP contribution in [0.1, 0.15) is 84.5 Å². The van der Waals surface area contributed by atoms with Crippen molar-refractivity contribution >= 4 is 17.0 Å². The van der Waals surface area contributed by atoms with Crippen LogP contribution in [0.3, 0.4) is 0 Å². The summed E-state index contributed by atoms with van der Waals surface area (Å²) >= 11 is 0. The largest absolute Gasteiger partial charge is 0.496 e. The Morgan fingerprint density at radius 2 is 1.95 bits per heavy atom. The number of methoxy groups -OCH3 is 1. The fourth-order valence-corrected chi connectivity index (χ4v) is 5.29. The van der Waals surface area contributed by atoms with Crippen LogP contribution in [-0.4, -0.2) is 29.0 Å². The summed E-state index contributed by atoms with van der Waals surface area (Å²) in [6.07, 6.45) is 8.53. The minimum Gasteiger partial charge on any atom is -0.496 e. The lowest BCUT2D eigenvalue weighted by atomic mass is 10.0. The number of nitrogens with one attached hydrogen (secondary N) is 1. The zero-order valence-corrected chi connectivity index (χ0v) is 22.5. The number of anilines is 1. The molecule has 0 unspecified atom stereocenters. The number of nitrogens with zero attached hydrogens (tertiary/aromatic N) is 2. The van der Waals surface area contributed by atoms with Crippen molar-refractivity contribution in [1.29, 1.82) is 0 Å². The number of carbonyl (C=O) groups excluding carboxylic acids is 1. The van der Waals surface area contributed by atoms with Gasteiger partial charge in [-0.25, -0.2) is 4.98 Å². The first-order chi connectivity index (χ1) is 18.4. The lowest BCUT2D eigenvalue weighted by Crippen LogP contribution is -2.15. The van der Waals surface area contributed by atoms with Crippen molar-refractivity contribution in [3.05, 3.63) is 94.6 Å². The smallest absolute Gasteiger partial charge is 0.225 e. The first-order valence-electron chi connectivity index (χ1n) is 13.4. The van der Waals surface area contributed by atoms with Gasteiger partial charge in [-0.1, -0.05) is 43.8 Å². The summed E-state index contributed by atoms with van der Waals surface area (Å²) in [6.45, 7) is 7.78. The first-order valence-corrected chi connectivity index (χ1v) is 13.4. The molecular formula is C32H35N3O3.